The molecule has 5 heterocycles. The van der Waals surface area contributed by atoms with Crippen molar-refractivity contribution in [3.8, 4) is 20.9 Å². The molecule has 8 amide bonds. The number of thiophene rings is 1. The molecule has 0 bridgehead atoms. The summed E-state index contributed by atoms with van der Waals surface area (Å²) in [7, 11) is 0. The van der Waals surface area contributed by atoms with Crippen LogP contribution >= 0.6 is 11.3 Å². The molecule has 1 aromatic heterocycles. The highest BCUT2D eigenvalue weighted by molar-refractivity contribution is 7.19. The largest absolute Gasteiger partial charge is 0.274 e. The van der Waals surface area contributed by atoms with Crippen LogP contribution in [-0.4, -0.2) is 93.0 Å². The third-order valence-corrected chi connectivity index (χ3v) is 15.6. The smallest absolute Gasteiger partial charge is 0.262 e. The molecule has 0 atom stereocenters. The van der Waals surface area contributed by atoms with Gasteiger partial charge in [0.05, 0.1) is 11.1 Å². The van der Waals surface area contributed by atoms with Crippen LogP contribution in [0, 0.1) is 0 Å². The summed E-state index contributed by atoms with van der Waals surface area (Å²) in [6.07, 6.45) is 13.6. The van der Waals surface area contributed by atoms with Gasteiger partial charge in [-0.15, -0.1) is 11.3 Å². The second-order valence-electron chi connectivity index (χ2n) is 19.0. The SMILES string of the molecule is CCCCCCN1C(=O)c2ccc3c4c(c(-c5ccc(-c6cc7c8c(ccc9c8c6C(=O)N(CCCCCC)C9=O)C(=O)N(CCCCCC)C7=O)s5)cc(c24)C1=O)C(=O)N(CCCCCC)C3=O. The van der Waals surface area contributed by atoms with Crippen LogP contribution < -0.4 is 0 Å². The Morgan fingerprint density at radius 1 is 0.304 bits per heavy atom. The zero-order valence-electron chi connectivity index (χ0n) is 40.2. The van der Waals surface area contributed by atoms with Gasteiger partial charge in [-0.05, 0) is 74.2 Å². The van der Waals surface area contributed by atoms with E-state index in [1.165, 1.54) is 30.9 Å². The molecule has 0 N–H and O–H groups in total. The van der Waals surface area contributed by atoms with Crippen LogP contribution in [-0.2, 0) is 0 Å². The number of hydrogen-bond donors (Lipinski definition) is 0. The van der Waals surface area contributed by atoms with Crippen molar-refractivity contribution in [2.24, 2.45) is 0 Å². The van der Waals surface area contributed by atoms with Crippen LogP contribution in [0.15, 0.2) is 48.5 Å². The third kappa shape index (κ3) is 8.09. The number of imide groups is 4. The number of rotatable bonds is 22. The second-order valence-corrected chi connectivity index (χ2v) is 20.1. The highest BCUT2D eigenvalue weighted by Crippen LogP contribution is 2.48. The predicted molar refractivity (Wildman–Crippen MR) is 268 cm³/mol. The zero-order chi connectivity index (χ0) is 48.7. The molecule has 4 aliphatic rings. The number of carbonyl (C=O) groups excluding carboxylic acids is 8. The Morgan fingerprint density at radius 3 is 0.884 bits per heavy atom. The lowest BCUT2D eigenvalue weighted by molar-refractivity contribution is 0.0586. The van der Waals surface area contributed by atoms with E-state index in [4.69, 9.17) is 0 Å². The second kappa shape index (κ2) is 19.9. The van der Waals surface area contributed by atoms with Crippen molar-refractivity contribution in [3.05, 3.63) is 93.0 Å². The Labute approximate surface area is 407 Å². The van der Waals surface area contributed by atoms with E-state index in [1.54, 1.807) is 36.4 Å². The van der Waals surface area contributed by atoms with Gasteiger partial charge in [-0.25, -0.2) is 0 Å². The highest BCUT2D eigenvalue weighted by Gasteiger charge is 2.44. The number of hydrogen-bond acceptors (Lipinski definition) is 9. The van der Waals surface area contributed by atoms with Gasteiger partial charge in [-0.1, -0.05) is 105 Å². The summed E-state index contributed by atoms with van der Waals surface area (Å²) < 4.78 is 0. The molecule has 0 radical (unpaired) electrons. The van der Waals surface area contributed by atoms with Gasteiger partial charge in [-0.3, -0.25) is 58.0 Å². The molecular formula is C56H60N4O8S. The van der Waals surface area contributed by atoms with E-state index in [9.17, 15) is 38.4 Å². The van der Waals surface area contributed by atoms with Crippen molar-refractivity contribution in [1.29, 1.82) is 0 Å². The maximum atomic E-state index is 14.9. The lowest BCUT2D eigenvalue weighted by atomic mass is 9.82. The van der Waals surface area contributed by atoms with E-state index < -0.39 is 47.3 Å². The minimum Gasteiger partial charge on any atom is -0.274 e. The van der Waals surface area contributed by atoms with Gasteiger partial charge in [0.1, 0.15) is 0 Å². The molecule has 0 saturated heterocycles. The molecule has 4 aromatic carbocycles. The van der Waals surface area contributed by atoms with Crippen molar-refractivity contribution in [2.75, 3.05) is 26.2 Å². The fraction of sp³-hybridized carbons (Fsp3) is 0.429. The Morgan fingerprint density at radius 2 is 0.580 bits per heavy atom. The summed E-state index contributed by atoms with van der Waals surface area (Å²) in [5.41, 5.74) is 2.76. The molecular weight excluding hydrogens is 889 g/mol. The van der Waals surface area contributed by atoms with Gasteiger partial charge < -0.3 is 0 Å². The zero-order valence-corrected chi connectivity index (χ0v) is 41.0. The van der Waals surface area contributed by atoms with Crippen LogP contribution in [0.5, 0.6) is 0 Å². The normalized spacial score (nSPS) is 15.4. The number of nitrogens with zero attached hydrogens (tertiary/aromatic N) is 4. The maximum Gasteiger partial charge on any atom is 0.262 e. The summed E-state index contributed by atoms with van der Waals surface area (Å²) >= 11 is 1.26. The molecule has 0 saturated carbocycles. The van der Waals surface area contributed by atoms with Gasteiger partial charge in [0.25, 0.3) is 47.3 Å². The summed E-state index contributed by atoms with van der Waals surface area (Å²) in [5, 5.41) is 1.17. The number of unbranched alkanes of at least 4 members (excludes halogenated alkanes) is 12. The Bertz CT molecular complexity index is 2810. The minimum absolute atomic E-state index is 0.204. The fourth-order valence-electron chi connectivity index (χ4n) is 10.8. The molecule has 358 valence electrons. The van der Waals surface area contributed by atoms with Gasteiger partial charge in [-0.2, -0.15) is 0 Å². The Kier molecular flexibility index (Phi) is 13.8. The van der Waals surface area contributed by atoms with Crippen LogP contribution in [0.1, 0.15) is 213 Å². The van der Waals surface area contributed by atoms with E-state index in [0.29, 0.717) is 57.3 Å². The number of carbonyl (C=O) groups is 8. The van der Waals surface area contributed by atoms with Crippen LogP contribution in [0.25, 0.3) is 42.4 Å². The average Bonchev–Trinajstić information content (AvgIpc) is 3.85. The Hall–Kier alpha value is -6.34. The number of benzene rings is 4. The predicted octanol–water partition coefficient (Wildman–Crippen LogP) is 12.1. The first-order valence-electron chi connectivity index (χ1n) is 25.3. The topological polar surface area (TPSA) is 150 Å². The molecule has 69 heavy (non-hydrogen) atoms. The minimum atomic E-state index is -0.511. The third-order valence-electron chi connectivity index (χ3n) is 14.4. The molecule has 13 heteroatoms. The molecule has 4 aliphatic heterocycles. The van der Waals surface area contributed by atoms with Crippen molar-refractivity contribution in [3.63, 3.8) is 0 Å². The fourth-order valence-corrected chi connectivity index (χ4v) is 11.8. The summed E-state index contributed by atoms with van der Waals surface area (Å²) in [4.78, 5) is 122. The van der Waals surface area contributed by atoms with Gasteiger partial charge in [0, 0.05) is 102 Å². The van der Waals surface area contributed by atoms with E-state index in [2.05, 4.69) is 27.7 Å². The standard InChI is InChI=1S/C56H60N4O8S/c1-5-9-13-17-27-57-49(61)33-21-23-35-45-43(33)39(53(57)65)31-37(47(45)55(67)59(51(35)63)29-19-15-11-7-3)41-25-26-42(69-41)38-32-40-44-34(50(62)58(54(40)66)28-18-14-10-6-2)22-24-36-46(44)48(38)56(68)60(52(36)64)30-20-16-12-8-4/h21-26,31-32H,5-20,27-30H2,1-4H3. The van der Waals surface area contributed by atoms with Crippen molar-refractivity contribution in [1.82, 2.24) is 19.6 Å². The summed E-state index contributed by atoms with van der Waals surface area (Å²) in [6, 6.07) is 13.4. The van der Waals surface area contributed by atoms with Gasteiger partial charge in [0.15, 0.2) is 0 Å². The van der Waals surface area contributed by atoms with Gasteiger partial charge in [0.2, 0.25) is 0 Å². The van der Waals surface area contributed by atoms with Crippen LogP contribution in [0.4, 0.5) is 0 Å². The molecule has 0 spiro atoms. The quantitative estimate of drug-likeness (QED) is 0.0491. The van der Waals surface area contributed by atoms with E-state index in [1.807, 2.05) is 12.1 Å². The molecule has 0 unspecified atom stereocenters. The van der Waals surface area contributed by atoms with Crippen LogP contribution in [0.3, 0.4) is 0 Å². The van der Waals surface area contributed by atoms with Crippen molar-refractivity contribution in [2.45, 2.75) is 130 Å². The molecule has 0 aliphatic carbocycles. The Balaban J connectivity index is 1.23. The molecule has 5 aromatic rings. The highest BCUT2D eigenvalue weighted by atomic mass is 32.1. The van der Waals surface area contributed by atoms with Crippen molar-refractivity contribution < 1.29 is 38.4 Å². The maximum absolute atomic E-state index is 14.9. The molecule has 9 rings (SSSR count). The summed E-state index contributed by atoms with van der Waals surface area (Å²) in [6.45, 7) is 9.23. The van der Waals surface area contributed by atoms with Gasteiger partial charge >= 0.3 is 0 Å². The first-order valence-corrected chi connectivity index (χ1v) is 26.1. The van der Waals surface area contributed by atoms with E-state index in [0.717, 1.165) is 77.0 Å². The van der Waals surface area contributed by atoms with Crippen LogP contribution in [0.2, 0.25) is 0 Å². The molecule has 12 nitrogen and oxygen atoms in total. The average molecular weight is 949 g/mol. The lowest BCUT2D eigenvalue weighted by Crippen LogP contribution is -2.44. The number of amides is 8. The molecule has 0 fully saturated rings. The first-order chi connectivity index (χ1) is 33.5. The van der Waals surface area contributed by atoms with E-state index in [-0.39, 0.29) is 81.5 Å². The lowest BCUT2D eigenvalue weighted by Gasteiger charge is -2.33. The van der Waals surface area contributed by atoms with Crippen molar-refractivity contribution >= 4 is 80.1 Å². The summed E-state index contributed by atoms with van der Waals surface area (Å²) in [5.74, 6) is -3.85. The first kappa shape index (κ1) is 47.7. The van der Waals surface area contributed by atoms with E-state index >= 15 is 0 Å². The monoisotopic (exact) mass is 948 g/mol.